The molecule has 0 amide bonds. The number of nitrogens with two attached hydrogens (primary N) is 1. The van der Waals surface area contributed by atoms with Crippen LogP contribution in [0.1, 0.15) is 11.5 Å². The highest BCUT2D eigenvalue weighted by molar-refractivity contribution is 9.10. The maximum atomic E-state index is 13.2. The Morgan fingerprint density at radius 2 is 1.90 bits per heavy atom. The molecule has 13 heteroatoms. The summed E-state index contributed by atoms with van der Waals surface area (Å²) in [5, 5.41) is 4.05. The molecule has 0 bridgehead atoms. The van der Waals surface area contributed by atoms with E-state index in [1.54, 1.807) is 0 Å². The minimum Gasteiger partial charge on any atom is -0.439 e. The van der Waals surface area contributed by atoms with Crippen LogP contribution in [0.3, 0.4) is 0 Å². The summed E-state index contributed by atoms with van der Waals surface area (Å²) in [6, 6.07) is 5.35. The van der Waals surface area contributed by atoms with Gasteiger partial charge in [0, 0.05) is 5.56 Å². The average Bonchev–Trinajstić information content (AvgIpc) is 3.25. The first-order valence-corrected chi connectivity index (χ1v) is 8.66. The monoisotopic (exact) mass is 472 g/mol. The van der Waals surface area contributed by atoms with E-state index in [0.29, 0.717) is 12.0 Å². The number of nitrogen functional groups attached to an aromatic ring is 1. The molecule has 3 aromatic heterocycles. The third-order valence-corrected chi connectivity index (χ3v) is 4.75. The molecular formula is C16H9BrF4N6O2. The van der Waals surface area contributed by atoms with Gasteiger partial charge in [-0.15, -0.1) is 5.10 Å². The Labute approximate surface area is 166 Å². The summed E-state index contributed by atoms with van der Waals surface area (Å²) in [5.41, 5.74) is 5.35. The van der Waals surface area contributed by atoms with Crippen molar-refractivity contribution >= 4 is 27.5 Å². The van der Waals surface area contributed by atoms with Gasteiger partial charge in [-0.3, -0.25) is 0 Å². The van der Waals surface area contributed by atoms with E-state index < -0.39 is 35.7 Å². The van der Waals surface area contributed by atoms with Crippen molar-refractivity contribution in [3.8, 4) is 11.3 Å². The topological polar surface area (TPSA) is 104 Å². The Hall–Kier alpha value is -3.22. The number of halogens is 5. The Morgan fingerprint density at radius 1 is 1.21 bits per heavy atom. The van der Waals surface area contributed by atoms with Gasteiger partial charge in [0.2, 0.25) is 11.7 Å². The quantitative estimate of drug-likeness (QED) is 0.459. The SMILES string of the molecule is Nc1nc(-c2ccc(F)cc2)c(Br)c2nn(Cc3ncoc3C(F)(F)F)c(=O)n12. The fourth-order valence-corrected chi connectivity index (χ4v) is 3.31. The molecule has 0 spiro atoms. The van der Waals surface area contributed by atoms with E-state index in [9.17, 15) is 22.4 Å². The Bertz CT molecular complexity index is 1280. The molecule has 3 heterocycles. The van der Waals surface area contributed by atoms with Crippen LogP contribution in [-0.2, 0) is 12.7 Å². The molecule has 29 heavy (non-hydrogen) atoms. The summed E-state index contributed by atoms with van der Waals surface area (Å²) in [6.45, 7) is -0.594. The highest BCUT2D eigenvalue weighted by Gasteiger charge is 2.38. The highest BCUT2D eigenvalue weighted by atomic mass is 79.9. The van der Waals surface area contributed by atoms with E-state index in [1.807, 2.05) is 0 Å². The number of oxazole rings is 1. The lowest BCUT2D eigenvalue weighted by Crippen LogP contribution is -2.24. The van der Waals surface area contributed by atoms with Gasteiger partial charge in [-0.05, 0) is 40.2 Å². The fourth-order valence-electron chi connectivity index (χ4n) is 2.73. The molecule has 4 aromatic rings. The van der Waals surface area contributed by atoms with E-state index in [2.05, 4.69) is 35.4 Å². The molecule has 150 valence electrons. The molecule has 0 atom stereocenters. The third-order valence-electron chi connectivity index (χ3n) is 4.01. The van der Waals surface area contributed by atoms with Crippen molar-refractivity contribution in [3.63, 3.8) is 0 Å². The van der Waals surface area contributed by atoms with Crippen LogP contribution < -0.4 is 11.4 Å². The molecule has 8 nitrogen and oxygen atoms in total. The minimum atomic E-state index is -4.77. The van der Waals surface area contributed by atoms with Crippen molar-refractivity contribution in [1.29, 1.82) is 0 Å². The largest absolute Gasteiger partial charge is 0.451 e. The van der Waals surface area contributed by atoms with Crippen LogP contribution in [0.5, 0.6) is 0 Å². The fraction of sp³-hybridized carbons (Fsp3) is 0.125. The van der Waals surface area contributed by atoms with Crippen LogP contribution >= 0.6 is 15.9 Å². The summed E-state index contributed by atoms with van der Waals surface area (Å²) < 4.78 is 58.4. The van der Waals surface area contributed by atoms with Crippen LogP contribution in [-0.4, -0.2) is 24.1 Å². The van der Waals surface area contributed by atoms with Gasteiger partial charge in [0.25, 0.3) is 0 Å². The number of rotatable bonds is 3. The molecule has 4 rings (SSSR count). The zero-order valence-corrected chi connectivity index (χ0v) is 15.7. The Morgan fingerprint density at radius 3 is 2.55 bits per heavy atom. The molecule has 0 saturated heterocycles. The lowest BCUT2D eigenvalue weighted by Gasteiger charge is -2.06. The number of hydrogen-bond donors (Lipinski definition) is 1. The van der Waals surface area contributed by atoms with Crippen LogP contribution in [0.25, 0.3) is 16.9 Å². The predicted molar refractivity (Wildman–Crippen MR) is 95.4 cm³/mol. The van der Waals surface area contributed by atoms with E-state index in [4.69, 9.17) is 5.73 Å². The molecule has 0 radical (unpaired) electrons. The van der Waals surface area contributed by atoms with Gasteiger partial charge in [0.15, 0.2) is 12.0 Å². The molecule has 0 aliphatic rings. The molecule has 2 N–H and O–H groups in total. The van der Waals surface area contributed by atoms with Gasteiger partial charge in [-0.25, -0.2) is 28.2 Å². The first-order valence-electron chi connectivity index (χ1n) is 7.87. The Kier molecular flexibility index (Phi) is 4.41. The number of fused-ring (bicyclic) bond motifs is 1. The van der Waals surface area contributed by atoms with Gasteiger partial charge in [-0.1, -0.05) is 0 Å². The number of hydrogen-bond acceptors (Lipinski definition) is 6. The van der Waals surface area contributed by atoms with Gasteiger partial charge in [-0.2, -0.15) is 13.2 Å². The van der Waals surface area contributed by atoms with Crippen molar-refractivity contribution in [2.24, 2.45) is 0 Å². The van der Waals surface area contributed by atoms with Crippen molar-refractivity contribution < 1.29 is 22.0 Å². The summed E-state index contributed by atoms with van der Waals surface area (Å²) in [7, 11) is 0. The second kappa shape index (κ2) is 6.69. The van der Waals surface area contributed by atoms with E-state index >= 15 is 0 Å². The average molecular weight is 473 g/mol. The smallest absolute Gasteiger partial charge is 0.439 e. The lowest BCUT2D eigenvalue weighted by molar-refractivity contribution is -0.153. The number of anilines is 1. The van der Waals surface area contributed by atoms with Gasteiger partial charge in [0.1, 0.15) is 11.5 Å². The second-order valence-electron chi connectivity index (χ2n) is 5.86. The zero-order valence-electron chi connectivity index (χ0n) is 14.1. The van der Waals surface area contributed by atoms with Crippen LogP contribution in [0.4, 0.5) is 23.5 Å². The molecule has 0 aliphatic heterocycles. The van der Waals surface area contributed by atoms with Gasteiger partial charge >= 0.3 is 11.9 Å². The lowest BCUT2D eigenvalue weighted by atomic mass is 10.1. The zero-order chi connectivity index (χ0) is 20.9. The molecule has 1 aromatic carbocycles. The molecule has 0 aliphatic carbocycles. The predicted octanol–water partition coefficient (Wildman–Crippen LogP) is 3.10. The third kappa shape index (κ3) is 3.26. The van der Waals surface area contributed by atoms with Gasteiger partial charge < -0.3 is 10.2 Å². The first-order chi connectivity index (χ1) is 13.7. The van der Waals surface area contributed by atoms with Crippen LogP contribution in [0.15, 0.2) is 44.3 Å². The molecular weight excluding hydrogens is 464 g/mol. The van der Waals surface area contributed by atoms with E-state index in [-0.39, 0.29) is 21.8 Å². The number of benzene rings is 1. The van der Waals surface area contributed by atoms with Crippen LogP contribution in [0.2, 0.25) is 0 Å². The Balaban J connectivity index is 1.85. The maximum Gasteiger partial charge on any atom is 0.451 e. The van der Waals surface area contributed by atoms with Crippen molar-refractivity contribution in [2.45, 2.75) is 12.7 Å². The normalized spacial score (nSPS) is 12.0. The summed E-state index contributed by atoms with van der Waals surface area (Å²) in [6.07, 6.45) is -4.14. The highest BCUT2D eigenvalue weighted by Crippen LogP contribution is 2.32. The van der Waals surface area contributed by atoms with E-state index in [0.717, 1.165) is 9.08 Å². The number of aromatic nitrogens is 5. The van der Waals surface area contributed by atoms with Crippen LogP contribution in [0, 0.1) is 5.82 Å². The minimum absolute atomic E-state index is 0.0267. The second-order valence-corrected chi connectivity index (χ2v) is 6.66. The summed E-state index contributed by atoms with van der Waals surface area (Å²) >= 11 is 3.28. The first kappa shape index (κ1) is 19.1. The summed E-state index contributed by atoms with van der Waals surface area (Å²) in [5.74, 6) is -2.01. The number of nitrogens with zero attached hydrogens (tertiary/aromatic N) is 5. The maximum absolute atomic E-state index is 13.2. The van der Waals surface area contributed by atoms with E-state index in [1.165, 1.54) is 24.3 Å². The van der Waals surface area contributed by atoms with Crippen molar-refractivity contribution in [1.82, 2.24) is 24.1 Å². The standard InChI is InChI=1S/C16H9BrF4N6O2/c17-10-11(7-1-3-8(18)4-2-7)24-14(22)27-13(10)25-26(15(27)28)5-9-12(16(19,20)21)29-6-23-9/h1-4,6H,5H2,(H2,22,24). The summed E-state index contributed by atoms with van der Waals surface area (Å²) in [4.78, 5) is 20.3. The molecule has 0 saturated carbocycles. The van der Waals surface area contributed by atoms with Gasteiger partial charge in [0.05, 0.1) is 16.7 Å². The number of alkyl halides is 3. The molecule has 0 unspecified atom stereocenters. The molecule has 0 fully saturated rings. The van der Waals surface area contributed by atoms with Crippen molar-refractivity contribution in [2.75, 3.05) is 5.73 Å². The van der Waals surface area contributed by atoms with Crippen molar-refractivity contribution in [3.05, 3.63) is 62.9 Å².